The van der Waals surface area contributed by atoms with Gasteiger partial charge in [-0.2, -0.15) is 0 Å². The van der Waals surface area contributed by atoms with Gasteiger partial charge in [-0.15, -0.1) is 13.2 Å². The Kier molecular flexibility index (Phi) is 3.94. The van der Waals surface area contributed by atoms with Gasteiger partial charge in [-0.05, 0) is 30.7 Å². The van der Waals surface area contributed by atoms with Crippen LogP contribution >= 0.6 is 0 Å². The summed E-state index contributed by atoms with van der Waals surface area (Å²) < 4.78 is 40.5. The topological polar surface area (TPSA) is 42.4 Å². The molecule has 0 bridgehead atoms. The van der Waals surface area contributed by atoms with E-state index in [4.69, 9.17) is 5.11 Å². The Labute approximate surface area is 113 Å². The van der Waals surface area contributed by atoms with E-state index in [0.29, 0.717) is 5.56 Å². The van der Waals surface area contributed by atoms with Crippen LogP contribution in [0.3, 0.4) is 0 Å². The number of hydrogen-bond acceptors (Lipinski definition) is 3. The fraction of sp³-hybridized carbons (Fsp3) is 0.214. The molecule has 0 saturated carbocycles. The second-order valence-corrected chi connectivity index (χ2v) is 4.22. The molecule has 0 aliphatic heterocycles. The van der Waals surface area contributed by atoms with Crippen LogP contribution in [-0.2, 0) is 6.61 Å². The summed E-state index contributed by atoms with van der Waals surface area (Å²) in [5.41, 5.74) is 2.33. The smallest absolute Gasteiger partial charge is 0.405 e. The first-order chi connectivity index (χ1) is 9.39. The van der Waals surface area contributed by atoms with Crippen LogP contribution in [0.1, 0.15) is 11.3 Å². The van der Waals surface area contributed by atoms with E-state index in [0.717, 1.165) is 11.3 Å². The Hall–Kier alpha value is -2.08. The van der Waals surface area contributed by atoms with Crippen molar-refractivity contribution in [3.8, 4) is 16.9 Å². The molecule has 0 fully saturated rings. The average Bonchev–Trinajstić information content (AvgIpc) is 2.38. The van der Waals surface area contributed by atoms with E-state index in [1.807, 2.05) is 13.0 Å². The van der Waals surface area contributed by atoms with Gasteiger partial charge in [0, 0.05) is 23.0 Å². The van der Waals surface area contributed by atoms with Crippen LogP contribution < -0.4 is 4.74 Å². The van der Waals surface area contributed by atoms with Crippen molar-refractivity contribution in [3.63, 3.8) is 0 Å². The third-order valence-corrected chi connectivity index (χ3v) is 2.70. The summed E-state index contributed by atoms with van der Waals surface area (Å²) in [5.74, 6) is -0.399. The van der Waals surface area contributed by atoms with E-state index in [-0.39, 0.29) is 5.56 Å². The van der Waals surface area contributed by atoms with E-state index < -0.39 is 18.7 Å². The number of aromatic nitrogens is 1. The Bertz CT molecular complexity index is 594. The first-order valence-corrected chi connectivity index (χ1v) is 5.81. The molecule has 0 amide bonds. The van der Waals surface area contributed by atoms with E-state index in [1.54, 1.807) is 12.3 Å². The predicted octanol–water partition coefficient (Wildman–Crippen LogP) is 3.45. The van der Waals surface area contributed by atoms with Gasteiger partial charge in [0.25, 0.3) is 0 Å². The number of ether oxygens (including phenoxy) is 1. The number of rotatable bonds is 3. The molecule has 0 spiro atoms. The number of hydrogen-bond donors (Lipinski definition) is 1. The quantitative estimate of drug-likeness (QED) is 0.938. The molecule has 0 saturated heterocycles. The first-order valence-electron chi connectivity index (χ1n) is 5.81. The highest BCUT2D eigenvalue weighted by atomic mass is 19.4. The number of alkyl halides is 3. The maximum atomic E-state index is 12.2. The van der Waals surface area contributed by atoms with Crippen molar-refractivity contribution in [2.45, 2.75) is 19.9 Å². The zero-order valence-corrected chi connectivity index (χ0v) is 10.6. The van der Waals surface area contributed by atoms with Crippen molar-refractivity contribution in [3.05, 3.63) is 47.8 Å². The Morgan fingerprint density at radius 3 is 2.40 bits per heavy atom. The van der Waals surface area contributed by atoms with Crippen LogP contribution in [0.4, 0.5) is 13.2 Å². The van der Waals surface area contributed by atoms with Gasteiger partial charge >= 0.3 is 6.36 Å². The number of benzene rings is 1. The summed E-state index contributed by atoms with van der Waals surface area (Å²) >= 11 is 0. The molecule has 6 heteroatoms. The number of nitrogens with zero attached hydrogens (tertiary/aromatic N) is 1. The standard InChI is InChI=1S/C14H12F3NO2/c1-9-2-3-11(7-18-9)10-4-5-13(12(6-10)8-19)20-14(15,16)17/h2-7,19H,8H2,1H3. The van der Waals surface area contributed by atoms with Gasteiger partial charge in [0.15, 0.2) is 0 Å². The second-order valence-electron chi connectivity index (χ2n) is 4.22. The predicted molar refractivity (Wildman–Crippen MR) is 67.0 cm³/mol. The highest BCUT2D eigenvalue weighted by molar-refractivity contribution is 5.65. The normalized spacial score (nSPS) is 11.4. The lowest BCUT2D eigenvalue weighted by atomic mass is 10.0. The van der Waals surface area contributed by atoms with E-state index in [1.165, 1.54) is 18.2 Å². The molecule has 0 aliphatic rings. The zero-order valence-electron chi connectivity index (χ0n) is 10.6. The third-order valence-electron chi connectivity index (χ3n) is 2.70. The summed E-state index contributed by atoms with van der Waals surface area (Å²) in [6, 6.07) is 7.74. The minimum atomic E-state index is -4.78. The summed E-state index contributed by atoms with van der Waals surface area (Å²) in [6.45, 7) is 1.29. The van der Waals surface area contributed by atoms with Gasteiger partial charge in [0.05, 0.1) is 6.61 Å². The molecule has 1 heterocycles. The molecule has 0 radical (unpaired) electrons. The van der Waals surface area contributed by atoms with Crippen LogP contribution in [0.5, 0.6) is 5.75 Å². The Morgan fingerprint density at radius 2 is 1.85 bits per heavy atom. The van der Waals surface area contributed by atoms with Gasteiger partial charge in [0.2, 0.25) is 0 Å². The molecule has 0 aliphatic carbocycles. The van der Waals surface area contributed by atoms with E-state index in [9.17, 15) is 13.2 Å². The molecule has 1 N–H and O–H groups in total. The lowest BCUT2D eigenvalue weighted by Crippen LogP contribution is -2.18. The zero-order chi connectivity index (χ0) is 14.8. The number of aliphatic hydroxyl groups is 1. The van der Waals surface area contributed by atoms with Gasteiger partial charge in [0.1, 0.15) is 5.75 Å². The van der Waals surface area contributed by atoms with Gasteiger partial charge in [-0.1, -0.05) is 12.1 Å². The molecule has 1 aromatic heterocycles. The minimum Gasteiger partial charge on any atom is -0.405 e. The van der Waals surface area contributed by atoms with E-state index >= 15 is 0 Å². The largest absolute Gasteiger partial charge is 0.573 e. The third kappa shape index (κ3) is 3.48. The molecule has 0 atom stereocenters. The molecule has 106 valence electrons. The Morgan fingerprint density at radius 1 is 1.15 bits per heavy atom. The monoisotopic (exact) mass is 283 g/mol. The molecular weight excluding hydrogens is 271 g/mol. The van der Waals surface area contributed by atoms with Crippen LogP contribution in [-0.4, -0.2) is 16.5 Å². The maximum Gasteiger partial charge on any atom is 0.573 e. The van der Waals surface area contributed by atoms with Crippen LogP contribution in [0.15, 0.2) is 36.5 Å². The molecule has 1 aromatic carbocycles. The highest BCUT2D eigenvalue weighted by Gasteiger charge is 2.32. The number of halogens is 3. The number of aryl methyl sites for hydroxylation is 1. The van der Waals surface area contributed by atoms with Crippen LogP contribution in [0, 0.1) is 6.92 Å². The minimum absolute atomic E-state index is 0.0698. The summed E-state index contributed by atoms with van der Waals surface area (Å²) in [6.07, 6.45) is -3.16. The van der Waals surface area contributed by atoms with Crippen molar-refractivity contribution < 1.29 is 23.0 Å². The van der Waals surface area contributed by atoms with Crippen LogP contribution in [0.2, 0.25) is 0 Å². The summed E-state index contributed by atoms with van der Waals surface area (Å²) in [4.78, 5) is 4.12. The lowest BCUT2D eigenvalue weighted by molar-refractivity contribution is -0.275. The Balaban J connectivity index is 2.36. The van der Waals surface area contributed by atoms with Crippen LogP contribution in [0.25, 0.3) is 11.1 Å². The molecule has 3 nitrogen and oxygen atoms in total. The van der Waals surface area contributed by atoms with Gasteiger partial charge in [-0.25, -0.2) is 0 Å². The van der Waals surface area contributed by atoms with E-state index in [2.05, 4.69) is 9.72 Å². The van der Waals surface area contributed by atoms with Crippen molar-refractivity contribution in [1.29, 1.82) is 0 Å². The first kappa shape index (κ1) is 14.3. The number of pyridine rings is 1. The summed E-state index contributed by atoms with van der Waals surface area (Å²) in [7, 11) is 0. The van der Waals surface area contributed by atoms with Crippen molar-refractivity contribution >= 4 is 0 Å². The molecule has 2 aromatic rings. The van der Waals surface area contributed by atoms with Gasteiger partial charge in [-0.3, -0.25) is 4.98 Å². The molecule has 0 unspecified atom stereocenters. The summed E-state index contributed by atoms with van der Waals surface area (Å²) in [5, 5.41) is 9.17. The maximum absolute atomic E-state index is 12.2. The molecular formula is C14H12F3NO2. The van der Waals surface area contributed by atoms with Crippen molar-refractivity contribution in [2.75, 3.05) is 0 Å². The van der Waals surface area contributed by atoms with Gasteiger partial charge < -0.3 is 9.84 Å². The molecule has 2 rings (SSSR count). The lowest BCUT2D eigenvalue weighted by Gasteiger charge is -2.13. The second kappa shape index (κ2) is 5.50. The highest BCUT2D eigenvalue weighted by Crippen LogP contribution is 2.30. The SMILES string of the molecule is Cc1ccc(-c2ccc(OC(F)(F)F)c(CO)c2)cn1. The molecule has 20 heavy (non-hydrogen) atoms. The fourth-order valence-electron chi connectivity index (χ4n) is 1.75. The fourth-order valence-corrected chi connectivity index (χ4v) is 1.75. The van der Waals surface area contributed by atoms with Crippen molar-refractivity contribution in [1.82, 2.24) is 4.98 Å². The number of aliphatic hydroxyl groups excluding tert-OH is 1. The average molecular weight is 283 g/mol. The van der Waals surface area contributed by atoms with Crippen molar-refractivity contribution in [2.24, 2.45) is 0 Å².